The highest BCUT2D eigenvalue weighted by Crippen LogP contribution is 2.22. The molecular formula is C23H32FIN4O. The maximum atomic E-state index is 14.6. The molecular weight excluding hydrogens is 494 g/mol. The summed E-state index contributed by atoms with van der Waals surface area (Å²) in [6, 6.07) is 15.9. The lowest BCUT2D eigenvalue weighted by Crippen LogP contribution is -2.37. The minimum absolute atomic E-state index is 0. The molecule has 1 fully saturated rings. The Labute approximate surface area is 196 Å². The first kappa shape index (κ1) is 24.4. The fourth-order valence-corrected chi connectivity index (χ4v) is 3.37. The van der Waals surface area contributed by atoms with Crippen LogP contribution in [0.1, 0.15) is 24.5 Å². The molecule has 2 aromatic carbocycles. The van der Waals surface area contributed by atoms with E-state index in [1.54, 1.807) is 6.07 Å². The third-order valence-corrected chi connectivity index (χ3v) is 4.91. The fraction of sp³-hybridized carbons (Fsp3) is 0.435. The second-order valence-corrected chi connectivity index (χ2v) is 7.10. The van der Waals surface area contributed by atoms with Gasteiger partial charge in [0.25, 0.3) is 0 Å². The average molecular weight is 526 g/mol. The van der Waals surface area contributed by atoms with E-state index in [9.17, 15) is 4.39 Å². The van der Waals surface area contributed by atoms with Crippen LogP contribution >= 0.6 is 24.0 Å². The summed E-state index contributed by atoms with van der Waals surface area (Å²) in [6.45, 7) is 6.85. The maximum Gasteiger partial charge on any atom is 0.191 e. The molecule has 1 aliphatic heterocycles. The zero-order valence-corrected chi connectivity index (χ0v) is 19.9. The molecule has 0 amide bonds. The number of ether oxygens (including phenoxy) is 1. The minimum Gasteiger partial charge on any atom is -0.378 e. The molecule has 30 heavy (non-hydrogen) atoms. The van der Waals surface area contributed by atoms with Crippen LogP contribution in [0.4, 0.5) is 10.1 Å². The number of benzene rings is 2. The first-order chi connectivity index (χ1) is 14.3. The molecule has 164 valence electrons. The Hall–Kier alpha value is -1.87. The van der Waals surface area contributed by atoms with Gasteiger partial charge in [-0.25, -0.2) is 9.38 Å². The number of halogens is 2. The zero-order valence-electron chi connectivity index (χ0n) is 17.6. The number of morpholine rings is 1. The lowest BCUT2D eigenvalue weighted by molar-refractivity contribution is 0.122. The van der Waals surface area contributed by atoms with Crippen LogP contribution in [0.5, 0.6) is 0 Å². The number of aliphatic imine (C=N–C) groups is 1. The Bertz CT molecular complexity index is 782. The van der Waals surface area contributed by atoms with Gasteiger partial charge in [-0.3, -0.25) is 0 Å². The van der Waals surface area contributed by atoms with Crippen LogP contribution < -0.4 is 15.5 Å². The van der Waals surface area contributed by atoms with Crippen LogP contribution in [0.15, 0.2) is 53.5 Å². The van der Waals surface area contributed by atoms with E-state index < -0.39 is 0 Å². The molecule has 0 atom stereocenters. The number of nitrogens with zero attached hydrogens (tertiary/aromatic N) is 2. The molecule has 1 saturated heterocycles. The van der Waals surface area contributed by atoms with Gasteiger partial charge in [0.1, 0.15) is 5.82 Å². The molecule has 2 aromatic rings. The summed E-state index contributed by atoms with van der Waals surface area (Å²) in [7, 11) is 0. The Morgan fingerprint density at radius 3 is 2.53 bits per heavy atom. The number of guanidine groups is 1. The van der Waals surface area contributed by atoms with Crippen LogP contribution in [0, 0.1) is 5.82 Å². The van der Waals surface area contributed by atoms with Gasteiger partial charge in [0.05, 0.1) is 25.4 Å². The number of nitrogens with one attached hydrogen (secondary N) is 2. The summed E-state index contributed by atoms with van der Waals surface area (Å²) in [5.74, 6) is 0.568. The molecule has 0 bridgehead atoms. The Morgan fingerprint density at radius 2 is 1.83 bits per heavy atom. The van der Waals surface area contributed by atoms with E-state index >= 15 is 0 Å². The smallest absolute Gasteiger partial charge is 0.191 e. The van der Waals surface area contributed by atoms with E-state index in [0.29, 0.717) is 25.4 Å². The van der Waals surface area contributed by atoms with Gasteiger partial charge in [-0.15, -0.1) is 24.0 Å². The van der Waals surface area contributed by atoms with Crippen LogP contribution in [0.2, 0.25) is 0 Å². The van der Waals surface area contributed by atoms with Crippen molar-refractivity contribution >= 4 is 35.6 Å². The third kappa shape index (κ3) is 7.75. The van der Waals surface area contributed by atoms with E-state index in [2.05, 4.69) is 39.9 Å². The van der Waals surface area contributed by atoms with Crippen molar-refractivity contribution in [2.24, 2.45) is 4.99 Å². The molecule has 5 nitrogen and oxygen atoms in total. The summed E-state index contributed by atoms with van der Waals surface area (Å²) in [6.07, 6.45) is 2.05. The summed E-state index contributed by atoms with van der Waals surface area (Å²) in [4.78, 5) is 6.64. The Balaban J connectivity index is 0.00000320. The number of rotatable bonds is 8. The van der Waals surface area contributed by atoms with Crippen molar-refractivity contribution in [2.75, 3.05) is 44.3 Å². The molecule has 1 heterocycles. The molecule has 0 radical (unpaired) electrons. The van der Waals surface area contributed by atoms with Crippen molar-refractivity contribution < 1.29 is 9.13 Å². The van der Waals surface area contributed by atoms with E-state index in [1.165, 1.54) is 5.56 Å². The highest BCUT2D eigenvalue weighted by Gasteiger charge is 2.15. The van der Waals surface area contributed by atoms with Crippen molar-refractivity contribution in [3.63, 3.8) is 0 Å². The largest absolute Gasteiger partial charge is 0.378 e. The van der Waals surface area contributed by atoms with Gasteiger partial charge < -0.3 is 20.3 Å². The fourth-order valence-electron chi connectivity index (χ4n) is 3.37. The molecule has 3 rings (SSSR count). The minimum atomic E-state index is -0.194. The quantitative estimate of drug-likeness (QED) is 0.237. The number of hydrogen-bond acceptors (Lipinski definition) is 3. The van der Waals surface area contributed by atoms with Gasteiger partial charge in [-0.05, 0) is 43.0 Å². The van der Waals surface area contributed by atoms with Gasteiger partial charge in [0.2, 0.25) is 0 Å². The lowest BCUT2D eigenvalue weighted by Gasteiger charge is -2.29. The second kappa shape index (κ2) is 13.4. The average Bonchev–Trinajstić information content (AvgIpc) is 2.76. The van der Waals surface area contributed by atoms with Crippen molar-refractivity contribution in [1.82, 2.24) is 10.6 Å². The molecule has 0 aromatic heterocycles. The van der Waals surface area contributed by atoms with Gasteiger partial charge >= 0.3 is 0 Å². The second-order valence-electron chi connectivity index (χ2n) is 7.10. The van der Waals surface area contributed by atoms with Crippen molar-refractivity contribution in [1.29, 1.82) is 0 Å². The van der Waals surface area contributed by atoms with Crippen LogP contribution in [0.3, 0.4) is 0 Å². The predicted molar refractivity (Wildman–Crippen MR) is 132 cm³/mol. The van der Waals surface area contributed by atoms with Crippen LogP contribution in [-0.2, 0) is 17.7 Å². The number of anilines is 1. The summed E-state index contributed by atoms with van der Waals surface area (Å²) < 4.78 is 19.9. The predicted octanol–water partition coefficient (Wildman–Crippen LogP) is 3.97. The lowest BCUT2D eigenvalue weighted by atomic mass is 10.1. The Kier molecular flexibility index (Phi) is 10.9. The van der Waals surface area contributed by atoms with Crippen LogP contribution in [0.25, 0.3) is 0 Å². The van der Waals surface area contributed by atoms with Crippen molar-refractivity contribution in [2.45, 2.75) is 26.3 Å². The third-order valence-electron chi connectivity index (χ3n) is 4.91. The van der Waals surface area contributed by atoms with Gasteiger partial charge in [0, 0.05) is 26.2 Å². The standard InChI is InChI=1S/C23H31FN4O.HI/c1-2-25-23(26-12-6-9-19-7-4-3-5-8-19)27-18-20-10-11-22(21(24)17-20)28-13-15-29-16-14-28;/h3-5,7-8,10-11,17H,2,6,9,12-16,18H2,1H3,(H2,25,26,27);1H. The molecule has 2 N–H and O–H groups in total. The molecule has 0 spiro atoms. The number of hydrogen-bond donors (Lipinski definition) is 2. The van der Waals surface area contributed by atoms with Gasteiger partial charge in [0.15, 0.2) is 5.96 Å². The molecule has 1 aliphatic rings. The number of aryl methyl sites for hydroxylation is 1. The van der Waals surface area contributed by atoms with Gasteiger partial charge in [-0.1, -0.05) is 36.4 Å². The van der Waals surface area contributed by atoms with E-state index in [-0.39, 0.29) is 29.8 Å². The van der Waals surface area contributed by atoms with Crippen molar-refractivity contribution in [3.8, 4) is 0 Å². The van der Waals surface area contributed by atoms with Crippen molar-refractivity contribution in [3.05, 3.63) is 65.5 Å². The summed E-state index contributed by atoms with van der Waals surface area (Å²) in [5, 5.41) is 6.61. The normalized spacial score (nSPS) is 14.2. The summed E-state index contributed by atoms with van der Waals surface area (Å²) >= 11 is 0. The molecule has 0 aliphatic carbocycles. The zero-order chi connectivity index (χ0) is 20.3. The highest BCUT2D eigenvalue weighted by atomic mass is 127. The van der Waals surface area contributed by atoms with Crippen LogP contribution in [-0.4, -0.2) is 45.4 Å². The van der Waals surface area contributed by atoms with E-state index in [1.807, 2.05) is 30.0 Å². The first-order valence-electron chi connectivity index (χ1n) is 10.4. The van der Waals surface area contributed by atoms with Gasteiger partial charge in [-0.2, -0.15) is 0 Å². The topological polar surface area (TPSA) is 48.9 Å². The highest BCUT2D eigenvalue weighted by molar-refractivity contribution is 14.0. The monoisotopic (exact) mass is 526 g/mol. The molecule has 0 unspecified atom stereocenters. The Morgan fingerprint density at radius 1 is 1.07 bits per heavy atom. The van der Waals surface area contributed by atoms with E-state index in [4.69, 9.17) is 4.74 Å². The molecule has 7 heteroatoms. The summed E-state index contributed by atoms with van der Waals surface area (Å²) in [5.41, 5.74) is 2.85. The maximum absolute atomic E-state index is 14.6. The SMILES string of the molecule is CCNC(=NCc1ccc(N2CCOCC2)c(F)c1)NCCCc1ccccc1.I. The van der Waals surface area contributed by atoms with E-state index in [0.717, 1.165) is 50.5 Å². The first-order valence-corrected chi connectivity index (χ1v) is 10.4. The molecule has 0 saturated carbocycles.